The van der Waals surface area contributed by atoms with Gasteiger partial charge in [0.25, 0.3) is 5.91 Å². The molecule has 164 valence electrons. The number of hydrogen-bond acceptors (Lipinski definition) is 7. The summed E-state index contributed by atoms with van der Waals surface area (Å²) in [5, 5.41) is 10.0. The molecule has 2 aliphatic rings. The van der Waals surface area contributed by atoms with Gasteiger partial charge in [0.05, 0.1) is 12.6 Å². The van der Waals surface area contributed by atoms with Crippen molar-refractivity contribution < 1.29 is 14.3 Å². The largest absolute Gasteiger partial charge is 0.424 e. The van der Waals surface area contributed by atoms with Crippen LogP contribution in [0.25, 0.3) is 17.4 Å². The minimum absolute atomic E-state index is 0.0333. The van der Waals surface area contributed by atoms with Gasteiger partial charge in [-0.2, -0.15) is 19.6 Å². The van der Waals surface area contributed by atoms with Crippen molar-refractivity contribution in [2.45, 2.75) is 25.3 Å². The van der Waals surface area contributed by atoms with Crippen LogP contribution in [0.1, 0.15) is 24.8 Å². The summed E-state index contributed by atoms with van der Waals surface area (Å²) in [6.45, 7) is 0. The Balaban J connectivity index is 1.35. The average Bonchev–Trinajstić information content (AvgIpc) is 3.17. The first-order valence-corrected chi connectivity index (χ1v) is 10.6. The number of benzene rings is 1. The highest BCUT2D eigenvalue weighted by Crippen LogP contribution is 2.28. The van der Waals surface area contributed by atoms with Gasteiger partial charge >= 0.3 is 6.01 Å². The van der Waals surface area contributed by atoms with Crippen molar-refractivity contribution in [2.24, 2.45) is 0 Å². The van der Waals surface area contributed by atoms with Crippen molar-refractivity contribution in [1.82, 2.24) is 29.5 Å². The molecule has 33 heavy (non-hydrogen) atoms. The Morgan fingerprint density at radius 3 is 2.58 bits per heavy atom. The second-order valence-corrected chi connectivity index (χ2v) is 7.99. The third-order valence-electron chi connectivity index (χ3n) is 5.46. The molecule has 2 N–H and O–H groups in total. The van der Waals surface area contributed by atoms with E-state index in [4.69, 9.17) is 4.74 Å². The number of imide groups is 1. The van der Waals surface area contributed by atoms with Crippen molar-refractivity contribution in [3.63, 3.8) is 0 Å². The molecule has 1 aliphatic heterocycles. The normalized spacial score (nSPS) is 17.0. The van der Waals surface area contributed by atoms with E-state index >= 15 is 0 Å². The van der Waals surface area contributed by atoms with Gasteiger partial charge < -0.3 is 14.6 Å². The molecule has 2 amide bonds. The second kappa shape index (κ2) is 7.59. The number of carbonyl (C=O) groups is 2. The highest BCUT2D eigenvalue weighted by atomic mass is 16.5. The molecule has 10 nitrogen and oxygen atoms in total. The van der Waals surface area contributed by atoms with E-state index in [2.05, 4.69) is 25.7 Å². The highest BCUT2D eigenvalue weighted by Gasteiger charge is 2.26. The van der Waals surface area contributed by atoms with Crippen LogP contribution in [0.15, 0.2) is 60.6 Å². The van der Waals surface area contributed by atoms with E-state index in [1.165, 1.54) is 0 Å². The predicted molar refractivity (Wildman–Crippen MR) is 119 cm³/mol. The molecule has 0 atom stereocenters. The molecule has 4 heterocycles. The van der Waals surface area contributed by atoms with Gasteiger partial charge in [-0.15, -0.1) is 0 Å². The number of carbonyl (C=O) groups excluding carboxylic acids is 2. The Morgan fingerprint density at radius 2 is 1.88 bits per heavy atom. The molecule has 1 aliphatic carbocycles. The second-order valence-electron chi connectivity index (χ2n) is 7.99. The van der Waals surface area contributed by atoms with Gasteiger partial charge in [0.1, 0.15) is 5.75 Å². The molecular formula is C23H19N7O3. The zero-order chi connectivity index (χ0) is 22.4. The first kappa shape index (κ1) is 19.2. The lowest BCUT2D eigenvalue weighted by Gasteiger charge is -2.10. The molecule has 0 spiro atoms. The number of aromatic nitrogens is 5. The van der Waals surface area contributed by atoms with Crippen LogP contribution in [0, 0.1) is 0 Å². The van der Waals surface area contributed by atoms with Crippen LogP contribution < -0.4 is 15.4 Å². The average molecular weight is 441 g/mol. The fourth-order valence-corrected chi connectivity index (χ4v) is 3.63. The summed E-state index contributed by atoms with van der Waals surface area (Å²) >= 11 is 0. The van der Waals surface area contributed by atoms with Crippen LogP contribution in [0.4, 0.5) is 5.95 Å². The zero-order valence-electron chi connectivity index (χ0n) is 17.4. The molecule has 1 saturated carbocycles. The van der Waals surface area contributed by atoms with E-state index in [0.29, 0.717) is 34.5 Å². The third-order valence-corrected chi connectivity index (χ3v) is 5.46. The Morgan fingerprint density at radius 1 is 1.09 bits per heavy atom. The molecule has 1 saturated heterocycles. The summed E-state index contributed by atoms with van der Waals surface area (Å²) in [7, 11) is 0. The molecule has 10 heteroatoms. The number of nitrogens with zero attached hydrogens (tertiary/aromatic N) is 5. The van der Waals surface area contributed by atoms with Gasteiger partial charge in [0, 0.05) is 35.3 Å². The predicted octanol–water partition coefficient (Wildman–Crippen LogP) is 2.71. The number of fused-ring (bicyclic) bond motifs is 1. The maximum atomic E-state index is 12.0. The Labute approximate surface area is 187 Å². The van der Waals surface area contributed by atoms with Crippen LogP contribution in [0.5, 0.6) is 11.8 Å². The van der Waals surface area contributed by atoms with E-state index in [-0.39, 0.29) is 18.3 Å². The molecule has 6 rings (SSSR count). The monoisotopic (exact) mass is 441 g/mol. The van der Waals surface area contributed by atoms with Gasteiger partial charge in [0.15, 0.2) is 5.65 Å². The van der Waals surface area contributed by atoms with Gasteiger partial charge in [-0.05, 0) is 55.3 Å². The van der Waals surface area contributed by atoms with Crippen LogP contribution >= 0.6 is 0 Å². The van der Waals surface area contributed by atoms with Gasteiger partial charge in [0.2, 0.25) is 11.9 Å². The molecule has 4 aromatic rings. The standard InChI is InChI=1S/C23H19N7O3/c31-19-12-14(21(32)26-19)11-15-13-24-30-20(15)27-23(28-22(30)25-16-3-4-16)33-18-7-5-17(6-8-18)29-9-1-2-10-29/h1-2,5-11,13,16H,3-4,12H2,(H,25,27,28)(H,26,31,32)/b14-11+. The van der Waals surface area contributed by atoms with Gasteiger partial charge in [-0.1, -0.05) is 0 Å². The van der Waals surface area contributed by atoms with Crippen LogP contribution in [0.3, 0.4) is 0 Å². The SMILES string of the molecule is O=C1C/C(=C\c2cnn3c(NC4CC4)nc(Oc4ccc(-n5cccc5)cc4)nc23)C(=O)N1. The van der Waals surface area contributed by atoms with Crippen molar-refractivity contribution >= 4 is 29.5 Å². The zero-order valence-corrected chi connectivity index (χ0v) is 17.4. The third kappa shape index (κ3) is 3.82. The summed E-state index contributed by atoms with van der Waals surface area (Å²) in [4.78, 5) is 32.6. The van der Waals surface area contributed by atoms with E-state index in [1.54, 1.807) is 16.8 Å². The van der Waals surface area contributed by atoms with Gasteiger partial charge in [-0.3, -0.25) is 14.9 Å². The van der Waals surface area contributed by atoms with E-state index in [9.17, 15) is 9.59 Å². The molecule has 0 radical (unpaired) electrons. The minimum Gasteiger partial charge on any atom is -0.424 e. The Bertz CT molecular complexity index is 1400. The van der Waals surface area contributed by atoms with Crippen molar-refractivity contribution in [3.05, 3.63) is 66.1 Å². The fourth-order valence-electron chi connectivity index (χ4n) is 3.63. The molecule has 3 aromatic heterocycles. The number of ether oxygens (including phenoxy) is 1. The minimum atomic E-state index is -0.399. The van der Waals surface area contributed by atoms with Crippen molar-refractivity contribution in [3.8, 4) is 17.4 Å². The fraction of sp³-hybridized carbons (Fsp3) is 0.174. The van der Waals surface area contributed by atoms with Crippen LogP contribution in [-0.4, -0.2) is 42.0 Å². The molecule has 2 fully saturated rings. The molecule has 1 aromatic carbocycles. The molecule has 0 unspecified atom stereocenters. The maximum Gasteiger partial charge on any atom is 0.327 e. The van der Waals surface area contributed by atoms with Crippen molar-refractivity contribution in [2.75, 3.05) is 5.32 Å². The van der Waals surface area contributed by atoms with Crippen molar-refractivity contribution in [1.29, 1.82) is 0 Å². The van der Waals surface area contributed by atoms with E-state index in [0.717, 1.165) is 18.5 Å². The first-order chi connectivity index (χ1) is 16.1. The van der Waals surface area contributed by atoms with Gasteiger partial charge in [-0.25, -0.2) is 0 Å². The van der Waals surface area contributed by atoms with E-state index in [1.807, 2.05) is 53.4 Å². The lowest BCUT2D eigenvalue weighted by molar-refractivity contribution is -0.124. The number of amides is 2. The molecular weight excluding hydrogens is 422 g/mol. The lowest BCUT2D eigenvalue weighted by atomic mass is 10.1. The summed E-state index contributed by atoms with van der Waals surface area (Å²) in [6.07, 6.45) is 9.32. The number of anilines is 1. The first-order valence-electron chi connectivity index (χ1n) is 10.6. The number of hydrogen-bond donors (Lipinski definition) is 2. The summed E-state index contributed by atoms with van der Waals surface area (Å²) in [6, 6.07) is 12.0. The number of nitrogens with one attached hydrogen (secondary N) is 2. The lowest BCUT2D eigenvalue weighted by Crippen LogP contribution is -2.19. The van der Waals surface area contributed by atoms with E-state index < -0.39 is 5.91 Å². The van der Waals surface area contributed by atoms with Crippen LogP contribution in [-0.2, 0) is 9.59 Å². The topological polar surface area (TPSA) is 115 Å². The highest BCUT2D eigenvalue weighted by molar-refractivity contribution is 6.15. The molecule has 0 bridgehead atoms. The summed E-state index contributed by atoms with van der Waals surface area (Å²) in [5.41, 5.74) is 2.46. The van der Waals surface area contributed by atoms with Crippen LogP contribution in [0.2, 0.25) is 0 Å². The summed E-state index contributed by atoms with van der Waals surface area (Å²) < 4.78 is 9.55. The maximum absolute atomic E-state index is 12.0. The Kier molecular flexibility index (Phi) is 4.42. The Hall–Kier alpha value is -4.47. The smallest absolute Gasteiger partial charge is 0.327 e. The summed E-state index contributed by atoms with van der Waals surface area (Å²) in [5.74, 6) is 0.385. The quantitative estimate of drug-likeness (QED) is 0.349. The number of rotatable bonds is 6.